The van der Waals surface area contributed by atoms with E-state index in [1.165, 1.54) is 0 Å². The predicted molar refractivity (Wildman–Crippen MR) is 132 cm³/mol. The maximum absolute atomic E-state index is 13.3. The van der Waals surface area contributed by atoms with Crippen LogP contribution in [0.15, 0.2) is 84.9 Å². The molecule has 4 amide bonds. The lowest BCUT2D eigenvalue weighted by Crippen LogP contribution is -2.51. The van der Waals surface area contributed by atoms with Crippen LogP contribution in [0.1, 0.15) is 24.5 Å². The molecule has 180 valence electrons. The number of methoxy groups -OCH3 is 1. The third-order valence-electron chi connectivity index (χ3n) is 6.11. The van der Waals surface area contributed by atoms with Crippen LogP contribution in [0.3, 0.4) is 0 Å². The van der Waals surface area contributed by atoms with Crippen LogP contribution in [-0.4, -0.2) is 36.5 Å². The smallest absolute Gasteiger partial charge is 0.344 e. The van der Waals surface area contributed by atoms with E-state index in [9.17, 15) is 14.4 Å². The molecule has 1 atom stereocenters. The quantitative estimate of drug-likeness (QED) is 0.465. The Bertz CT molecular complexity index is 1180. The number of nitrogens with one attached hydrogen (secondary N) is 2. The van der Waals surface area contributed by atoms with E-state index in [1.54, 1.807) is 19.2 Å². The molecular formula is C27H28N4O4. The molecule has 4 rings (SSSR count). The van der Waals surface area contributed by atoms with E-state index >= 15 is 0 Å². The summed E-state index contributed by atoms with van der Waals surface area (Å²) < 4.78 is 5.24. The number of benzene rings is 3. The van der Waals surface area contributed by atoms with Crippen LogP contribution in [0.4, 0.5) is 10.5 Å². The number of amides is 4. The van der Waals surface area contributed by atoms with Crippen LogP contribution < -0.4 is 20.4 Å². The maximum atomic E-state index is 13.3. The van der Waals surface area contributed by atoms with Crippen molar-refractivity contribution in [2.75, 3.05) is 18.6 Å². The Hall–Kier alpha value is -4.33. The highest BCUT2D eigenvalue weighted by atomic mass is 16.5. The van der Waals surface area contributed by atoms with Gasteiger partial charge in [0.05, 0.1) is 13.7 Å². The summed E-state index contributed by atoms with van der Waals surface area (Å²) in [5.41, 5.74) is 3.78. The molecule has 2 N–H and O–H groups in total. The van der Waals surface area contributed by atoms with Crippen LogP contribution >= 0.6 is 0 Å². The average Bonchev–Trinajstić information content (AvgIpc) is 3.14. The lowest BCUT2D eigenvalue weighted by molar-refractivity contribution is -0.139. The zero-order chi connectivity index (χ0) is 24.8. The second kappa shape index (κ2) is 10.3. The van der Waals surface area contributed by atoms with E-state index in [2.05, 4.69) is 10.7 Å². The van der Waals surface area contributed by atoms with E-state index in [0.29, 0.717) is 24.3 Å². The molecular weight excluding hydrogens is 444 g/mol. The number of carbonyl (C=O) groups is 3. The molecule has 0 radical (unpaired) electrons. The molecule has 1 saturated heterocycles. The Morgan fingerprint density at radius 3 is 2.20 bits per heavy atom. The fourth-order valence-electron chi connectivity index (χ4n) is 4.21. The van der Waals surface area contributed by atoms with Crippen molar-refractivity contribution < 1.29 is 19.1 Å². The van der Waals surface area contributed by atoms with Crippen molar-refractivity contribution in [1.29, 1.82) is 0 Å². The highest BCUT2D eigenvalue weighted by Gasteiger charge is 2.52. The van der Waals surface area contributed by atoms with Crippen LogP contribution in [-0.2, 0) is 21.7 Å². The molecule has 8 heteroatoms. The van der Waals surface area contributed by atoms with Crippen molar-refractivity contribution in [3.05, 3.63) is 96.1 Å². The van der Waals surface area contributed by atoms with Gasteiger partial charge in [-0.15, -0.1) is 0 Å². The van der Waals surface area contributed by atoms with E-state index in [-0.39, 0.29) is 6.54 Å². The Morgan fingerprint density at radius 2 is 1.60 bits per heavy atom. The molecule has 1 aliphatic heterocycles. The molecule has 0 bridgehead atoms. The van der Waals surface area contributed by atoms with Gasteiger partial charge < -0.3 is 15.0 Å². The summed E-state index contributed by atoms with van der Waals surface area (Å²) in [6, 6.07) is 25.5. The van der Waals surface area contributed by atoms with Gasteiger partial charge in [0, 0.05) is 12.2 Å². The van der Waals surface area contributed by atoms with Gasteiger partial charge in [0.2, 0.25) is 0 Å². The van der Waals surface area contributed by atoms with E-state index in [1.807, 2.05) is 84.6 Å². The molecule has 0 aliphatic carbocycles. The number of imide groups is 1. The number of carbonyl (C=O) groups excluding carboxylic acids is 3. The van der Waals surface area contributed by atoms with Crippen LogP contribution in [0.5, 0.6) is 5.75 Å². The van der Waals surface area contributed by atoms with Gasteiger partial charge in [0.25, 0.3) is 11.8 Å². The summed E-state index contributed by atoms with van der Waals surface area (Å²) in [6.45, 7) is 2.22. The standard InChI is InChI=1S/C27H28N4O4/c1-3-27(21-12-8-5-9-13-21)25(33)31(26(34)28-27)29-24(32)19-30(18-20-10-6-4-7-11-20)22-14-16-23(35-2)17-15-22/h4-17H,3,18-19H2,1-2H3,(H,28,34)(H,29,32). The molecule has 0 spiro atoms. The monoisotopic (exact) mass is 472 g/mol. The second-order valence-electron chi connectivity index (χ2n) is 8.27. The average molecular weight is 473 g/mol. The van der Waals surface area contributed by atoms with Crippen molar-refractivity contribution in [1.82, 2.24) is 15.8 Å². The Morgan fingerprint density at radius 1 is 0.971 bits per heavy atom. The summed E-state index contributed by atoms with van der Waals surface area (Å²) in [7, 11) is 1.59. The largest absolute Gasteiger partial charge is 0.497 e. The van der Waals surface area contributed by atoms with Gasteiger partial charge in [-0.25, -0.2) is 4.79 Å². The highest BCUT2D eigenvalue weighted by Crippen LogP contribution is 2.31. The minimum atomic E-state index is -1.22. The molecule has 1 aliphatic rings. The zero-order valence-electron chi connectivity index (χ0n) is 19.7. The normalized spacial score (nSPS) is 17.1. The Kier molecular flexibility index (Phi) is 7.01. The summed E-state index contributed by atoms with van der Waals surface area (Å²) in [5, 5.41) is 3.56. The van der Waals surface area contributed by atoms with Gasteiger partial charge in [0.15, 0.2) is 0 Å². The molecule has 35 heavy (non-hydrogen) atoms. The number of urea groups is 1. The molecule has 0 saturated carbocycles. The third-order valence-corrected chi connectivity index (χ3v) is 6.11. The number of hydrogen-bond acceptors (Lipinski definition) is 5. The fourth-order valence-corrected chi connectivity index (χ4v) is 4.21. The van der Waals surface area contributed by atoms with Crippen molar-refractivity contribution in [2.24, 2.45) is 0 Å². The SMILES string of the molecule is CCC1(c2ccccc2)NC(=O)N(NC(=O)CN(Cc2ccccc2)c2ccc(OC)cc2)C1=O. The molecule has 1 heterocycles. The van der Waals surface area contributed by atoms with Crippen LogP contribution in [0, 0.1) is 0 Å². The summed E-state index contributed by atoms with van der Waals surface area (Å²) in [6.07, 6.45) is 0.347. The van der Waals surface area contributed by atoms with Gasteiger partial charge >= 0.3 is 6.03 Å². The first kappa shape index (κ1) is 23.8. The van der Waals surface area contributed by atoms with E-state index in [0.717, 1.165) is 16.3 Å². The Balaban J connectivity index is 1.53. The second-order valence-corrected chi connectivity index (χ2v) is 8.27. The third kappa shape index (κ3) is 4.96. The molecule has 1 fully saturated rings. The molecule has 0 aromatic heterocycles. The minimum absolute atomic E-state index is 0.0667. The molecule has 1 unspecified atom stereocenters. The number of hydrogen-bond donors (Lipinski definition) is 2. The first-order chi connectivity index (χ1) is 17.0. The first-order valence-corrected chi connectivity index (χ1v) is 11.4. The maximum Gasteiger partial charge on any atom is 0.344 e. The van der Waals surface area contributed by atoms with E-state index in [4.69, 9.17) is 4.74 Å². The predicted octanol–water partition coefficient (Wildman–Crippen LogP) is 3.59. The van der Waals surface area contributed by atoms with Gasteiger partial charge in [-0.1, -0.05) is 67.6 Å². The van der Waals surface area contributed by atoms with Crippen LogP contribution in [0.25, 0.3) is 0 Å². The number of nitrogens with zero attached hydrogens (tertiary/aromatic N) is 2. The first-order valence-electron chi connectivity index (χ1n) is 11.4. The number of rotatable bonds is 9. The topological polar surface area (TPSA) is 91.0 Å². The van der Waals surface area contributed by atoms with Gasteiger partial charge in [-0.3, -0.25) is 15.0 Å². The Labute approximate surface area is 204 Å². The van der Waals surface area contributed by atoms with Crippen LogP contribution in [0.2, 0.25) is 0 Å². The van der Waals surface area contributed by atoms with Crippen molar-refractivity contribution >= 4 is 23.5 Å². The van der Waals surface area contributed by atoms with E-state index < -0.39 is 23.4 Å². The lowest BCUT2D eigenvalue weighted by Gasteiger charge is -2.27. The summed E-state index contributed by atoms with van der Waals surface area (Å²) in [4.78, 5) is 41.0. The summed E-state index contributed by atoms with van der Waals surface area (Å²) in [5.74, 6) is -0.294. The van der Waals surface area contributed by atoms with Crippen molar-refractivity contribution in [2.45, 2.75) is 25.4 Å². The zero-order valence-corrected chi connectivity index (χ0v) is 19.7. The fraction of sp³-hybridized carbons (Fsp3) is 0.222. The summed E-state index contributed by atoms with van der Waals surface area (Å²) >= 11 is 0. The van der Waals surface area contributed by atoms with Crippen molar-refractivity contribution in [3.8, 4) is 5.75 Å². The van der Waals surface area contributed by atoms with Gasteiger partial charge in [-0.2, -0.15) is 5.01 Å². The number of anilines is 1. The number of ether oxygens (including phenoxy) is 1. The highest BCUT2D eigenvalue weighted by molar-refractivity contribution is 6.08. The molecule has 8 nitrogen and oxygen atoms in total. The minimum Gasteiger partial charge on any atom is -0.497 e. The lowest BCUT2D eigenvalue weighted by atomic mass is 9.87. The molecule has 3 aromatic rings. The van der Waals surface area contributed by atoms with Gasteiger partial charge in [0.1, 0.15) is 11.3 Å². The van der Waals surface area contributed by atoms with Gasteiger partial charge in [-0.05, 0) is 41.8 Å². The molecule has 3 aromatic carbocycles. The number of hydrazine groups is 1. The van der Waals surface area contributed by atoms with Crippen molar-refractivity contribution in [3.63, 3.8) is 0 Å².